The first-order chi connectivity index (χ1) is 19.7. The zero-order valence-corrected chi connectivity index (χ0v) is 20.5. The monoisotopic (exact) mass is 571 g/mol. The Labute approximate surface area is 223 Å². The second-order valence-corrected chi connectivity index (χ2v) is 8.37. The number of H-pyrrole nitrogens is 6. The van der Waals surface area contributed by atoms with Gasteiger partial charge in [-0.3, -0.25) is 33.9 Å². The zero-order chi connectivity index (χ0) is 29.3. The normalized spacial score (nSPS) is 20.1. The number of ether oxygens (including phenoxy) is 1. The molecule has 6 aromatic heterocycles. The molecule has 7 rings (SSSR count). The van der Waals surface area contributed by atoms with Crippen molar-refractivity contribution < 1.29 is 20.1 Å². The van der Waals surface area contributed by atoms with Crippen molar-refractivity contribution in [3.8, 4) is 0 Å². The number of nitrogen functional groups attached to an aromatic ring is 1. The molecule has 7 heterocycles. The van der Waals surface area contributed by atoms with Crippen molar-refractivity contribution >= 4 is 39.4 Å². The first kappa shape index (κ1) is 27.1. The minimum Gasteiger partial charge on any atom is -0.394 e. The number of aromatic amines is 6. The Bertz CT molecular complexity index is 2050. The van der Waals surface area contributed by atoms with Crippen LogP contribution in [-0.4, -0.2) is 99.6 Å². The molecule has 4 atom stereocenters. The van der Waals surface area contributed by atoms with E-state index < -0.39 is 48.0 Å². The Balaban J connectivity index is 0.000000135. The number of rotatable bonds is 2. The molecule has 0 saturated carbocycles. The van der Waals surface area contributed by atoms with Crippen molar-refractivity contribution in [1.29, 1.82) is 0 Å². The average molecular weight is 571 g/mol. The molecule has 0 radical (unpaired) electrons. The van der Waals surface area contributed by atoms with Crippen molar-refractivity contribution in [3.63, 3.8) is 0 Å². The molecule has 0 spiro atoms. The number of aliphatic hydroxyl groups excluding tert-OH is 3. The topological polar surface area (TPSA) is 328 Å². The molecule has 1 aliphatic heterocycles. The van der Waals surface area contributed by atoms with Crippen LogP contribution >= 0.6 is 0 Å². The smallest absolute Gasteiger partial charge is 0.327 e. The zero-order valence-electron chi connectivity index (χ0n) is 20.5. The Hall–Kier alpha value is -5.51. The van der Waals surface area contributed by atoms with E-state index in [0.717, 1.165) is 0 Å². The summed E-state index contributed by atoms with van der Waals surface area (Å²) in [6, 6.07) is 0. The van der Waals surface area contributed by atoms with E-state index in [-0.39, 0.29) is 33.8 Å². The molecule has 6 aromatic rings. The molecular formula is C20H21N13O8. The highest BCUT2D eigenvalue weighted by molar-refractivity contribution is 5.70. The van der Waals surface area contributed by atoms with Crippen LogP contribution in [0.4, 0.5) is 5.95 Å². The lowest BCUT2D eigenvalue weighted by atomic mass is 10.1. The van der Waals surface area contributed by atoms with Crippen molar-refractivity contribution in [2.75, 3.05) is 12.3 Å². The van der Waals surface area contributed by atoms with Crippen molar-refractivity contribution in [1.82, 2.24) is 59.4 Å². The molecule has 41 heavy (non-hydrogen) atoms. The Morgan fingerprint density at radius 2 is 1.56 bits per heavy atom. The van der Waals surface area contributed by atoms with Gasteiger partial charge in [0.05, 0.1) is 31.9 Å². The summed E-state index contributed by atoms with van der Waals surface area (Å²) < 4.78 is 6.64. The predicted molar refractivity (Wildman–Crippen MR) is 137 cm³/mol. The minimum absolute atomic E-state index is 0.0388. The number of hydrogen-bond donors (Lipinski definition) is 10. The molecule has 21 nitrogen and oxygen atoms in total. The number of fused-ring (bicyclic) bond motifs is 3. The highest BCUT2D eigenvalue weighted by atomic mass is 16.6. The number of nitrogens with two attached hydrogens (primary N) is 1. The third kappa shape index (κ3) is 5.22. The number of nitrogens with one attached hydrogen (secondary N) is 6. The van der Waals surface area contributed by atoms with E-state index in [1.54, 1.807) is 0 Å². The van der Waals surface area contributed by atoms with Gasteiger partial charge in [-0.2, -0.15) is 4.98 Å². The van der Waals surface area contributed by atoms with E-state index in [1.807, 2.05) is 0 Å². The maximum Gasteiger partial charge on any atom is 0.327 e. The summed E-state index contributed by atoms with van der Waals surface area (Å²) in [5.41, 5.74) is 5.35. The molecule has 11 N–H and O–H groups in total. The third-order valence-corrected chi connectivity index (χ3v) is 5.80. The highest BCUT2D eigenvalue weighted by Crippen LogP contribution is 2.30. The third-order valence-electron chi connectivity index (χ3n) is 5.80. The van der Waals surface area contributed by atoms with Crippen LogP contribution in [0.25, 0.3) is 33.5 Å². The number of aliphatic hydroxyl groups is 3. The molecule has 0 bridgehead atoms. The summed E-state index contributed by atoms with van der Waals surface area (Å²) in [4.78, 5) is 77.6. The maximum atomic E-state index is 11.7. The molecule has 1 saturated heterocycles. The van der Waals surface area contributed by atoms with Crippen LogP contribution in [-0.2, 0) is 4.74 Å². The standard InChI is InChI=1S/C10H13N5O5.C5H4N4O2.C5H4N4O/c11-10-13-7-4(8(19)14-10)12-2-15(7)9-6(18)5(17)3(1-16)20-9;10-4-2-3(7-1-6-2)8-5(11)9-4;10-5-3-4(7-1-6-3)8-2-9-5/h2-3,5-6,9,16-18H,1H2,(H3,11,13,14,19);1H,(H3,6,7,8,9,10,11);1-2H,(H2,6,7,8,9,10)/t3-,5-,6-,9-;;/m1../s1. The molecule has 21 heteroatoms. The Kier molecular flexibility index (Phi) is 7.22. The predicted octanol–water partition coefficient (Wildman–Crippen LogP) is -4.10. The van der Waals surface area contributed by atoms with Crippen molar-refractivity contribution in [3.05, 3.63) is 66.9 Å². The lowest BCUT2D eigenvalue weighted by molar-refractivity contribution is -0.0511. The van der Waals surface area contributed by atoms with Gasteiger partial charge in [0, 0.05) is 0 Å². The molecule has 0 aliphatic carbocycles. The van der Waals surface area contributed by atoms with Gasteiger partial charge < -0.3 is 40.7 Å². The van der Waals surface area contributed by atoms with E-state index in [0.29, 0.717) is 11.2 Å². The first-order valence-corrected chi connectivity index (χ1v) is 11.5. The summed E-state index contributed by atoms with van der Waals surface area (Å²) >= 11 is 0. The second-order valence-electron chi connectivity index (χ2n) is 8.37. The number of hydrogen-bond acceptors (Lipinski definition) is 14. The van der Waals surface area contributed by atoms with Crippen LogP contribution < -0.4 is 28.1 Å². The van der Waals surface area contributed by atoms with Crippen molar-refractivity contribution in [2.45, 2.75) is 24.5 Å². The van der Waals surface area contributed by atoms with Crippen LogP contribution in [0.1, 0.15) is 6.23 Å². The molecular weight excluding hydrogens is 550 g/mol. The first-order valence-electron chi connectivity index (χ1n) is 11.5. The van der Waals surface area contributed by atoms with Gasteiger partial charge in [-0.15, -0.1) is 0 Å². The molecule has 1 aliphatic rings. The summed E-state index contributed by atoms with van der Waals surface area (Å²) in [6.07, 6.45) is 0.891. The number of aromatic nitrogens is 12. The van der Waals surface area contributed by atoms with Crippen LogP contribution in [0.2, 0.25) is 0 Å². The van der Waals surface area contributed by atoms with Gasteiger partial charge in [-0.05, 0) is 0 Å². The van der Waals surface area contributed by atoms with Gasteiger partial charge in [0.25, 0.3) is 16.7 Å². The van der Waals surface area contributed by atoms with Gasteiger partial charge in [0.2, 0.25) is 5.95 Å². The lowest BCUT2D eigenvalue weighted by Crippen LogP contribution is -2.33. The number of imidazole rings is 3. The van der Waals surface area contributed by atoms with Gasteiger partial charge in [-0.25, -0.2) is 24.7 Å². The van der Waals surface area contributed by atoms with Crippen LogP contribution in [0.5, 0.6) is 0 Å². The second kappa shape index (κ2) is 10.9. The van der Waals surface area contributed by atoms with Crippen molar-refractivity contribution in [2.24, 2.45) is 0 Å². The van der Waals surface area contributed by atoms with E-state index >= 15 is 0 Å². The highest BCUT2D eigenvalue weighted by Gasteiger charge is 2.44. The van der Waals surface area contributed by atoms with Gasteiger partial charge in [0.15, 0.2) is 34.2 Å². The summed E-state index contributed by atoms with van der Waals surface area (Å²) in [6.45, 7) is -0.447. The largest absolute Gasteiger partial charge is 0.394 e. The maximum absolute atomic E-state index is 11.7. The van der Waals surface area contributed by atoms with Crippen LogP contribution in [0.15, 0.2) is 44.5 Å². The quantitative estimate of drug-likeness (QED) is 0.0944. The fourth-order valence-electron chi connectivity index (χ4n) is 3.88. The Morgan fingerprint density at radius 1 is 0.854 bits per heavy atom. The molecule has 214 valence electrons. The summed E-state index contributed by atoms with van der Waals surface area (Å²) in [5, 5.41) is 28.7. The van der Waals surface area contributed by atoms with Gasteiger partial charge in [0.1, 0.15) is 23.8 Å². The molecule has 0 unspecified atom stereocenters. The molecule has 0 aromatic carbocycles. The number of nitrogens with zero attached hydrogens (tertiary/aromatic N) is 6. The number of anilines is 1. The van der Waals surface area contributed by atoms with E-state index in [9.17, 15) is 29.4 Å². The van der Waals surface area contributed by atoms with E-state index in [4.69, 9.17) is 15.6 Å². The van der Waals surface area contributed by atoms with Gasteiger partial charge in [-0.1, -0.05) is 0 Å². The van der Waals surface area contributed by atoms with Gasteiger partial charge >= 0.3 is 5.69 Å². The molecule has 1 fully saturated rings. The Morgan fingerprint density at radius 3 is 2.27 bits per heavy atom. The van der Waals surface area contributed by atoms with Crippen LogP contribution in [0.3, 0.4) is 0 Å². The summed E-state index contributed by atoms with van der Waals surface area (Å²) in [5.74, 6) is -0.101. The average Bonchev–Trinajstić information content (AvgIpc) is 3.73. The SMILES string of the molecule is Nc1nc2c(ncn2[C@@H]2O[C@H](CO)[C@@H](O)[C@H]2O)c(=O)[nH]1.O=c1[nH]c(=O)c2[nH]cnc2[nH]1.O=c1[nH]cnc2nc[nH]c12. The van der Waals surface area contributed by atoms with E-state index in [2.05, 4.69) is 54.8 Å². The molecule has 0 amide bonds. The fraction of sp³-hybridized carbons (Fsp3) is 0.250. The fourth-order valence-corrected chi connectivity index (χ4v) is 3.88. The van der Waals surface area contributed by atoms with E-state index in [1.165, 1.54) is 29.9 Å². The lowest BCUT2D eigenvalue weighted by Gasteiger charge is -2.16. The van der Waals surface area contributed by atoms with Crippen LogP contribution in [0, 0.1) is 0 Å². The minimum atomic E-state index is -1.29. The summed E-state index contributed by atoms with van der Waals surface area (Å²) in [7, 11) is 0.